The second kappa shape index (κ2) is 22.9. The lowest BCUT2D eigenvalue weighted by Gasteiger charge is -2.40. The molecule has 12 heteroatoms. The van der Waals surface area contributed by atoms with Gasteiger partial charge in [0.25, 0.3) is 0 Å². The zero-order valence-electron chi connectivity index (χ0n) is 44.1. The maximum Gasteiger partial charge on any atom is 0.174 e. The van der Waals surface area contributed by atoms with E-state index in [0.29, 0.717) is 0 Å². The first-order valence-electron chi connectivity index (χ1n) is 26.4. The molecule has 0 bridgehead atoms. The Morgan fingerprint density at radius 1 is 0.400 bits per heavy atom. The Balaban J connectivity index is 0.000000128. The van der Waals surface area contributed by atoms with Gasteiger partial charge in [0.2, 0.25) is 0 Å². The number of Topliss-reactive ketones (excluding diaryl/α,β-unsaturated/α-hetero) is 3. The average Bonchev–Trinajstić information content (AvgIpc) is 3.43. The van der Waals surface area contributed by atoms with Gasteiger partial charge in [-0.1, -0.05) is 71.3 Å². The number of ketones is 3. The molecule has 6 aliphatic rings. The zero-order valence-corrected chi connectivity index (χ0v) is 44.1. The van der Waals surface area contributed by atoms with Gasteiger partial charge in [0.1, 0.15) is 52.8 Å². The van der Waals surface area contributed by atoms with Gasteiger partial charge in [-0.3, -0.25) is 29.1 Å². The molecule has 0 saturated carbocycles. The molecule has 6 aromatic rings. The van der Waals surface area contributed by atoms with Crippen molar-refractivity contribution in [2.45, 2.75) is 78.0 Å². The number of hydrogen-bond donors (Lipinski definition) is 0. The van der Waals surface area contributed by atoms with Gasteiger partial charge >= 0.3 is 0 Å². The fraction of sp³-hybridized carbons (Fsp3) is 0.381. The van der Waals surface area contributed by atoms with Crippen LogP contribution in [0.15, 0.2) is 127 Å². The molecule has 390 valence electrons. The van der Waals surface area contributed by atoms with Crippen LogP contribution in [0.4, 0.5) is 0 Å². The number of likely N-dealkylation sites (tertiary alicyclic amines) is 3. The number of methoxy groups -OCH3 is 3. The summed E-state index contributed by atoms with van der Waals surface area (Å²) in [6.45, 7) is 13.7. The summed E-state index contributed by atoms with van der Waals surface area (Å²) in [6.07, 6.45) is 2.69. The number of ether oxygens (including phenoxy) is 6. The first-order valence-corrected chi connectivity index (χ1v) is 26.4. The van der Waals surface area contributed by atoms with Gasteiger partial charge in [-0.05, 0) is 130 Å². The lowest BCUT2D eigenvalue weighted by atomic mass is 9.84. The van der Waals surface area contributed by atoms with Gasteiger partial charge in [-0.25, -0.2) is 0 Å². The minimum atomic E-state index is -0.0682. The number of nitrogens with zero attached hydrogens (tertiary/aromatic N) is 3. The van der Waals surface area contributed by atoms with E-state index in [2.05, 4.69) is 51.1 Å². The number of hydrogen-bond acceptors (Lipinski definition) is 12. The minimum absolute atomic E-state index is 0.00910. The molecule has 75 heavy (non-hydrogen) atoms. The van der Waals surface area contributed by atoms with E-state index in [9.17, 15) is 14.4 Å². The van der Waals surface area contributed by atoms with Crippen LogP contribution in [0, 0.1) is 38.5 Å². The molecular formula is C63H69N3O9. The molecule has 0 aliphatic carbocycles. The standard InChI is InChI=1S/3C21H23NO3/c3*1-14-3-8-19-17(11-14)21(23)18-13-22(10-9-20(18)25-19)12-15-4-6-16(24-2)7-5-15/h3*3-8,11,18,20H,9-10,12-13H2,1-2H3/t18-,20+;2*18-,20-/m100/s1. The van der Waals surface area contributed by atoms with Crippen LogP contribution in [0.2, 0.25) is 0 Å². The van der Waals surface area contributed by atoms with Crippen LogP contribution in [-0.2, 0) is 19.6 Å². The van der Waals surface area contributed by atoms with Gasteiger partial charge in [0.05, 0.1) is 55.8 Å². The van der Waals surface area contributed by atoms with Crippen molar-refractivity contribution in [3.05, 3.63) is 177 Å². The molecular weight excluding hydrogens is 943 g/mol. The van der Waals surface area contributed by atoms with Crippen molar-refractivity contribution in [1.29, 1.82) is 0 Å². The second-order valence-corrected chi connectivity index (χ2v) is 21.0. The number of carbonyl (C=O) groups is 3. The van der Waals surface area contributed by atoms with Crippen molar-refractivity contribution in [2.24, 2.45) is 17.8 Å². The Morgan fingerprint density at radius 3 is 0.920 bits per heavy atom. The third-order valence-corrected chi connectivity index (χ3v) is 15.6. The molecule has 3 fully saturated rings. The van der Waals surface area contributed by atoms with E-state index in [1.54, 1.807) is 21.3 Å². The first-order chi connectivity index (χ1) is 36.4. The summed E-state index contributed by atoms with van der Waals surface area (Å²) in [4.78, 5) is 45.9. The monoisotopic (exact) mass is 1010 g/mol. The fourth-order valence-electron chi connectivity index (χ4n) is 11.5. The number of benzene rings is 6. The third kappa shape index (κ3) is 11.8. The number of fused-ring (bicyclic) bond motifs is 6. The van der Waals surface area contributed by atoms with Gasteiger partial charge in [0.15, 0.2) is 17.3 Å². The highest BCUT2D eigenvalue weighted by Gasteiger charge is 2.43. The SMILES string of the molecule is COc1ccc(CN2CC[C@@H]3Oc4ccc(C)cc4C(=O)[C@@H]3C2)cc1.COc1ccc(CN2CC[C@@H]3Oc4ccc(C)cc4C(=O)[C@H]3C2)cc1.COc1ccc(CN2CC[C@@H]3Oc4ccc(C)cc4C(=O)[C@H]3C2)cc1. The first kappa shape index (κ1) is 51.5. The Kier molecular flexibility index (Phi) is 15.7. The Labute approximate surface area is 441 Å². The van der Waals surface area contributed by atoms with Crippen LogP contribution >= 0.6 is 0 Å². The van der Waals surface area contributed by atoms with Crippen LogP contribution in [0.3, 0.4) is 0 Å². The van der Waals surface area contributed by atoms with E-state index in [4.69, 9.17) is 28.4 Å². The molecule has 0 unspecified atom stereocenters. The van der Waals surface area contributed by atoms with Crippen molar-refractivity contribution >= 4 is 17.3 Å². The topological polar surface area (TPSA) is 116 Å². The van der Waals surface area contributed by atoms with Gasteiger partial charge < -0.3 is 28.4 Å². The maximum atomic E-state index is 13.0. The summed E-state index contributed by atoms with van der Waals surface area (Å²) in [5, 5.41) is 0. The number of piperidine rings is 3. The zero-order chi connectivity index (χ0) is 52.2. The summed E-state index contributed by atoms with van der Waals surface area (Å²) in [5.74, 6) is 5.34. The Morgan fingerprint density at radius 2 is 0.667 bits per heavy atom. The molecule has 0 amide bonds. The third-order valence-electron chi connectivity index (χ3n) is 15.6. The molecule has 3 saturated heterocycles. The predicted octanol–water partition coefficient (Wildman–Crippen LogP) is 10.4. The predicted molar refractivity (Wildman–Crippen MR) is 289 cm³/mol. The van der Waals surface area contributed by atoms with E-state index in [-0.39, 0.29) is 53.4 Å². The normalized spacial score (nSPS) is 22.7. The maximum absolute atomic E-state index is 13.0. The fourth-order valence-corrected chi connectivity index (χ4v) is 11.5. The average molecular weight is 1010 g/mol. The molecule has 6 aromatic carbocycles. The quantitative estimate of drug-likeness (QED) is 0.137. The van der Waals surface area contributed by atoms with E-state index in [0.717, 1.165) is 146 Å². The molecule has 12 nitrogen and oxygen atoms in total. The smallest absolute Gasteiger partial charge is 0.174 e. The Hall–Kier alpha value is -6.99. The lowest BCUT2D eigenvalue weighted by Crippen LogP contribution is -2.50. The van der Waals surface area contributed by atoms with Crippen LogP contribution in [-0.4, -0.2) is 111 Å². The minimum Gasteiger partial charge on any atom is -0.497 e. The summed E-state index contributed by atoms with van der Waals surface area (Å²) in [6, 6.07) is 42.1. The highest BCUT2D eigenvalue weighted by atomic mass is 16.5. The second-order valence-electron chi connectivity index (χ2n) is 21.0. The Bertz CT molecular complexity index is 2670. The van der Waals surface area contributed by atoms with Crippen molar-refractivity contribution in [3.63, 3.8) is 0 Å². The van der Waals surface area contributed by atoms with Crippen molar-refractivity contribution in [3.8, 4) is 34.5 Å². The summed E-state index contributed by atoms with van der Waals surface area (Å²) in [7, 11) is 5.02. The number of rotatable bonds is 9. The highest BCUT2D eigenvalue weighted by molar-refractivity contribution is 6.03. The van der Waals surface area contributed by atoms with Gasteiger partial charge in [-0.2, -0.15) is 0 Å². The van der Waals surface area contributed by atoms with E-state index < -0.39 is 0 Å². The van der Waals surface area contributed by atoms with Crippen molar-refractivity contribution in [2.75, 3.05) is 60.6 Å². The summed E-state index contributed by atoms with van der Waals surface area (Å²) >= 11 is 0. The van der Waals surface area contributed by atoms with E-state index in [1.165, 1.54) is 16.7 Å². The van der Waals surface area contributed by atoms with Crippen LogP contribution in [0.1, 0.15) is 83.7 Å². The largest absolute Gasteiger partial charge is 0.497 e. The van der Waals surface area contributed by atoms with Gasteiger partial charge in [-0.15, -0.1) is 0 Å². The molecule has 0 aromatic heterocycles. The van der Waals surface area contributed by atoms with Crippen molar-refractivity contribution < 1.29 is 42.8 Å². The molecule has 6 heterocycles. The highest BCUT2D eigenvalue weighted by Crippen LogP contribution is 2.39. The molecule has 6 atom stereocenters. The lowest BCUT2D eigenvalue weighted by molar-refractivity contribution is 0.0262. The van der Waals surface area contributed by atoms with Crippen LogP contribution < -0.4 is 28.4 Å². The van der Waals surface area contributed by atoms with Gasteiger partial charge in [0, 0.05) is 58.9 Å². The van der Waals surface area contributed by atoms with Crippen molar-refractivity contribution in [1.82, 2.24) is 14.7 Å². The van der Waals surface area contributed by atoms with Crippen LogP contribution in [0.25, 0.3) is 0 Å². The van der Waals surface area contributed by atoms with Crippen LogP contribution in [0.5, 0.6) is 34.5 Å². The van der Waals surface area contributed by atoms with E-state index in [1.807, 2.05) is 112 Å². The molecule has 12 rings (SSSR count). The molecule has 6 aliphatic heterocycles. The molecule has 0 spiro atoms. The molecule has 0 N–H and O–H groups in total. The number of aryl methyl sites for hydroxylation is 3. The molecule has 0 radical (unpaired) electrons. The van der Waals surface area contributed by atoms with E-state index >= 15 is 0 Å². The summed E-state index contributed by atoms with van der Waals surface area (Å²) in [5.41, 5.74) is 9.23. The summed E-state index contributed by atoms with van der Waals surface area (Å²) < 4.78 is 34.0. The number of carbonyl (C=O) groups excluding carboxylic acids is 3.